The molecule has 4 rings (SSSR count). The molecule has 2 aromatic carbocycles. The summed E-state index contributed by atoms with van der Waals surface area (Å²) < 4.78 is 0. The molecule has 0 radical (unpaired) electrons. The summed E-state index contributed by atoms with van der Waals surface area (Å²) >= 11 is 0. The van der Waals surface area contributed by atoms with Crippen LogP contribution in [-0.4, -0.2) is 28.0 Å². The van der Waals surface area contributed by atoms with Crippen LogP contribution in [0.4, 0.5) is 0 Å². The summed E-state index contributed by atoms with van der Waals surface area (Å²) in [6, 6.07) is 15.8. The van der Waals surface area contributed by atoms with Crippen LogP contribution >= 0.6 is 0 Å². The number of amides is 2. The van der Waals surface area contributed by atoms with Gasteiger partial charge in [-0.05, 0) is 31.1 Å². The van der Waals surface area contributed by atoms with Crippen molar-refractivity contribution in [2.24, 2.45) is 0 Å². The van der Waals surface area contributed by atoms with E-state index < -0.39 is 5.54 Å². The normalized spacial score (nSPS) is 18.1. The molecule has 1 aliphatic heterocycles. The zero-order valence-corrected chi connectivity index (χ0v) is 12.9. The zero-order valence-electron chi connectivity index (χ0n) is 12.9. The third-order valence-electron chi connectivity index (χ3n) is 4.60. The van der Waals surface area contributed by atoms with Crippen molar-refractivity contribution in [1.82, 2.24) is 4.90 Å². The SMILES string of the molecule is O=C(/C=C/C1(N2C(=O)c3ccccc3C2=O)CC1)c1ccccc1. The average Bonchev–Trinajstić information content (AvgIpc) is 3.36. The van der Waals surface area contributed by atoms with E-state index in [0.717, 1.165) is 0 Å². The number of ketones is 1. The standard InChI is InChI=1S/C20H15NO3/c22-17(14-6-2-1-3-7-14)10-11-20(12-13-20)21-18(23)15-8-4-5-9-16(15)19(21)24/h1-11H,12-13H2/b11-10+. The molecule has 4 nitrogen and oxygen atoms in total. The lowest BCUT2D eigenvalue weighted by Crippen LogP contribution is -2.40. The van der Waals surface area contributed by atoms with E-state index >= 15 is 0 Å². The molecule has 1 aliphatic carbocycles. The zero-order chi connectivity index (χ0) is 16.7. The molecule has 2 aromatic rings. The highest BCUT2D eigenvalue weighted by Crippen LogP contribution is 2.46. The summed E-state index contributed by atoms with van der Waals surface area (Å²) in [6.07, 6.45) is 4.57. The first-order valence-electron chi connectivity index (χ1n) is 7.89. The highest BCUT2D eigenvalue weighted by Gasteiger charge is 2.54. The van der Waals surface area contributed by atoms with Crippen molar-refractivity contribution < 1.29 is 14.4 Å². The van der Waals surface area contributed by atoms with Gasteiger partial charge >= 0.3 is 0 Å². The fourth-order valence-electron chi connectivity index (χ4n) is 3.12. The number of nitrogens with zero attached hydrogens (tertiary/aromatic N) is 1. The predicted octanol–water partition coefficient (Wildman–Crippen LogP) is 3.25. The van der Waals surface area contributed by atoms with Crippen LogP contribution in [0.2, 0.25) is 0 Å². The Morgan fingerprint density at radius 1 is 0.875 bits per heavy atom. The van der Waals surface area contributed by atoms with Crippen molar-refractivity contribution in [3.05, 3.63) is 83.4 Å². The lowest BCUT2D eigenvalue weighted by atomic mass is 10.1. The van der Waals surface area contributed by atoms with E-state index in [0.29, 0.717) is 29.5 Å². The Hall–Kier alpha value is -3.01. The lowest BCUT2D eigenvalue weighted by Gasteiger charge is -2.22. The average molecular weight is 317 g/mol. The Morgan fingerprint density at radius 2 is 1.42 bits per heavy atom. The number of carbonyl (C=O) groups is 3. The van der Waals surface area contributed by atoms with Gasteiger partial charge in [-0.3, -0.25) is 19.3 Å². The molecule has 0 spiro atoms. The van der Waals surface area contributed by atoms with Crippen molar-refractivity contribution >= 4 is 17.6 Å². The van der Waals surface area contributed by atoms with Gasteiger partial charge in [-0.15, -0.1) is 0 Å². The van der Waals surface area contributed by atoms with E-state index in [-0.39, 0.29) is 17.6 Å². The van der Waals surface area contributed by atoms with Crippen LogP contribution in [-0.2, 0) is 0 Å². The van der Waals surface area contributed by atoms with Gasteiger partial charge in [0.15, 0.2) is 5.78 Å². The number of imide groups is 1. The first kappa shape index (κ1) is 14.6. The molecule has 0 aromatic heterocycles. The van der Waals surface area contributed by atoms with Gasteiger partial charge in [-0.2, -0.15) is 0 Å². The van der Waals surface area contributed by atoms with E-state index in [1.54, 1.807) is 54.6 Å². The number of allylic oxidation sites excluding steroid dienone is 1. The van der Waals surface area contributed by atoms with Crippen molar-refractivity contribution in [3.63, 3.8) is 0 Å². The number of rotatable bonds is 4. The summed E-state index contributed by atoms with van der Waals surface area (Å²) in [6.45, 7) is 0. The highest BCUT2D eigenvalue weighted by molar-refractivity contribution is 6.22. The van der Waals surface area contributed by atoms with Crippen LogP contribution in [0, 0.1) is 0 Å². The van der Waals surface area contributed by atoms with Gasteiger partial charge in [-0.1, -0.05) is 48.5 Å². The third-order valence-corrected chi connectivity index (χ3v) is 4.60. The Morgan fingerprint density at radius 3 is 1.96 bits per heavy atom. The van der Waals surface area contributed by atoms with Crippen molar-refractivity contribution in [1.29, 1.82) is 0 Å². The minimum absolute atomic E-state index is 0.126. The summed E-state index contributed by atoms with van der Waals surface area (Å²) in [5.74, 6) is -0.673. The second kappa shape index (κ2) is 5.27. The van der Waals surface area contributed by atoms with E-state index in [2.05, 4.69) is 0 Å². The number of hydrogen-bond acceptors (Lipinski definition) is 3. The largest absolute Gasteiger partial charge is 0.289 e. The van der Waals surface area contributed by atoms with Gasteiger partial charge in [0, 0.05) is 5.56 Å². The van der Waals surface area contributed by atoms with Gasteiger partial charge in [0.1, 0.15) is 0 Å². The maximum atomic E-state index is 12.6. The smallest absolute Gasteiger partial charge is 0.262 e. The number of benzene rings is 2. The van der Waals surface area contributed by atoms with Crippen LogP contribution in [0.1, 0.15) is 43.9 Å². The van der Waals surface area contributed by atoms with Gasteiger partial charge < -0.3 is 0 Å². The molecule has 1 fully saturated rings. The second-order valence-electron chi connectivity index (χ2n) is 6.16. The molecule has 1 heterocycles. The van der Waals surface area contributed by atoms with Crippen LogP contribution in [0.3, 0.4) is 0 Å². The summed E-state index contributed by atoms with van der Waals surface area (Å²) in [4.78, 5) is 38.7. The molecular weight excluding hydrogens is 302 g/mol. The fourth-order valence-corrected chi connectivity index (χ4v) is 3.12. The maximum absolute atomic E-state index is 12.6. The molecule has 4 heteroatoms. The summed E-state index contributed by atoms with van der Waals surface area (Å²) in [5.41, 5.74) is 0.817. The second-order valence-corrected chi connectivity index (χ2v) is 6.16. The van der Waals surface area contributed by atoms with E-state index in [1.165, 1.54) is 11.0 Å². The van der Waals surface area contributed by atoms with Crippen molar-refractivity contribution in [3.8, 4) is 0 Å². The Bertz CT molecular complexity index is 844. The molecule has 0 N–H and O–H groups in total. The third kappa shape index (κ3) is 2.19. The van der Waals surface area contributed by atoms with Crippen molar-refractivity contribution in [2.45, 2.75) is 18.4 Å². The van der Waals surface area contributed by atoms with E-state index in [9.17, 15) is 14.4 Å². The van der Waals surface area contributed by atoms with Gasteiger partial charge in [0.2, 0.25) is 0 Å². The topological polar surface area (TPSA) is 54.5 Å². The minimum Gasteiger partial charge on any atom is -0.289 e. The lowest BCUT2D eigenvalue weighted by molar-refractivity contribution is 0.0596. The first-order valence-corrected chi connectivity index (χ1v) is 7.89. The van der Waals surface area contributed by atoms with E-state index in [1.807, 2.05) is 6.07 Å². The van der Waals surface area contributed by atoms with Gasteiger partial charge in [0.05, 0.1) is 16.7 Å². The molecule has 118 valence electrons. The quantitative estimate of drug-likeness (QED) is 0.494. The van der Waals surface area contributed by atoms with E-state index in [4.69, 9.17) is 0 Å². The Labute approximate surface area is 139 Å². The van der Waals surface area contributed by atoms with Crippen LogP contribution in [0.15, 0.2) is 66.7 Å². The molecule has 0 unspecified atom stereocenters. The molecule has 2 amide bonds. The molecule has 0 bridgehead atoms. The number of carbonyl (C=O) groups excluding carboxylic acids is 3. The molecule has 0 saturated heterocycles. The van der Waals surface area contributed by atoms with Crippen LogP contribution in [0.25, 0.3) is 0 Å². The van der Waals surface area contributed by atoms with Gasteiger partial charge in [-0.25, -0.2) is 0 Å². The summed E-state index contributed by atoms with van der Waals surface area (Å²) in [7, 11) is 0. The highest BCUT2D eigenvalue weighted by atomic mass is 16.2. The van der Waals surface area contributed by atoms with Crippen LogP contribution < -0.4 is 0 Å². The van der Waals surface area contributed by atoms with Crippen LogP contribution in [0.5, 0.6) is 0 Å². The number of hydrogen-bond donors (Lipinski definition) is 0. The van der Waals surface area contributed by atoms with Gasteiger partial charge in [0.25, 0.3) is 11.8 Å². The summed E-state index contributed by atoms with van der Waals surface area (Å²) in [5, 5.41) is 0. The molecule has 2 aliphatic rings. The molecule has 0 atom stereocenters. The first-order chi connectivity index (χ1) is 11.6. The fraction of sp³-hybridized carbons (Fsp3) is 0.150. The molecule has 1 saturated carbocycles. The minimum atomic E-state index is -0.655. The Balaban J connectivity index is 1.61. The Kier molecular flexibility index (Phi) is 3.20. The predicted molar refractivity (Wildman–Crippen MR) is 88.8 cm³/mol. The molecular formula is C20H15NO3. The number of fused-ring (bicyclic) bond motifs is 1. The van der Waals surface area contributed by atoms with Crippen molar-refractivity contribution in [2.75, 3.05) is 0 Å². The monoisotopic (exact) mass is 317 g/mol. The maximum Gasteiger partial charge on any atom is 0.262 e. The molecule has 24 heavy (non-hydrogen) atoms.